The van der Waals surface area contributed by atoms with E-state index in [2.05, 4.69) is 10.0 Å². The molecule has 6 nitrogen and oxygen atoms in total. The number of sulfonamides is 1. The van der Waals surface area contributed by atoms with Crippen molar-refractivity contribution in [1.82, 2.24) is 14.6 Å². The second-order valence-corrected chi connectivity index (χ2v) is 8.48. The van der Waals surface area contributed by atoms with Gasteiger partial charge in [-0.25, -0.2) is 13.1 Å². The number of nitrogens with one attached hydrogen (secondary N) is 2. The number of carbonyl (C=O) groups excluding carboxylic acids is 1. The first kappa shape index (κ1) is 19.9. The number of benzene rings is 2. The molecule has 0 atom stereocenters. The van der Waals surface area contributed by atoms with Crippen molar-refractivity contribution in [3.05, 3.63) is 89.2 Å². The van der Waals surface area contributed by atoms with Gasteiger partial charge in [0.1, 0.15) is 0 Å². The van der Waals surface area contributed by atoms with Gasteiger partial charge in [0, 0.05) is 30.2 Å². The molecule has 1 amide bonds. The molecule has 0 saturated heterocycles. The van der Waals surface area contributed by atoms with Crippen LogP contribution in [0.5, 0.6) is 0 Å². The molecular formula is C21H23N3O3S. The lowest BCUT2D eigenvalue weighted by atomic mass is 10.1. The van der Waals surface area contributed by atoms with Crippen molar-refractivity contribution in [1.29, 1.82) is 0 Å². The third kappa shape index (κ3) is 4.88. The fourth-order valence-corrected chi connectivity index (χ4v) is 3.63. The normalized spacial score (nSPS) is 11.4. The van der Waals surface area contributed by atoms with E-state index < -0.39 is 10.0 Å². The Morgan fingerprint density at radius 3 is 2.29 bits per heavy atom. The molecule has 1 aromatic heterocycles. The zero-order chi connectivity index (χ0) is 20.1. The average Bonchev–Trinajstić information content (AvgIpc) is 3.22. The van der Waals surface area contributed by atoms with Crippen LogP contribution in [-0.2, 0) is 22.3 Å². The maximum absolute atomic E-state index is 12.5. The number of nitrogens with zero attached hydrogens (tertiary/aromatic N) is 1. The van der Waals surface area contributed by atoms with E-state index >= 15 is 0 Å². The summed E-state index contributed by atoms with van der Waals surface area (Å²) < 4.78 is 27.5. The molecule has 7 heteroatoms. The van der Waals surface area contributed by atoms with Gasteiger partial charge in [-0.2, -0.15) is 0 Å². The van der Waals surface area contributed by atoms with Crippen LogP contribution in [0.1, 0.15) is 27.0 Å². The Labute approximate surface area is 165 Å². The number of aromatic nitrogens is 1. The maximum Gasteiger partial charge on any atom is 0.251 e. The van der Waals surface area contributed by atoms with Crippen molar-refractivity contribution >= 4 is 15.9 Å². The SMILES string of the molecule is CNS(=O)(=O)Cc1ccc(CNC(=O)c2ccc(C)c(-n3cccc3)c2)cc1. The van der Waals surface area contributed by atoms with Crippen LogP contribution in [-0.4, -0.2) is 25.9 Å². The second kappa shape index (κ2) is 8.41. The van der Waals surface area contributed by atoms with Gasteiger partial charge in [-0.05, 0) is 54.9 Å². The van der Waals surface area contributed by atoms with E-state index in [0.29, 0.717) is 17.7 Å². The molecule has 2 aromatic carbocycles. The Bertz CT molecular complexity index is 1060. The highest BCUT2D eigenvalue weighted by molar-refractivity contribution is 7.88. The Balaban J connectivity index is 1.65. The monoisotopic (exact) mass is 397 g/mol. The lowest BCUT2D eigenvalue weighted by Gasteiger charge is -2.11. The Morgan fingerprint density at radius 1 is 1.00 bits per heavy atom. The highest BCUT2D eigenvalue weighted by Gasteiger charge is 2.10. The van der Waals surface area contributed by atoms with Gasteiger partial charge < -0.3 is 9.88 Å². The van der Waals surface area contributed by atoms with Gasteiger partial charge in [0.2, 0.25) is 10.0 Å². The number of carbonyl (C=O) groups is 1. The summed E-state index contributed by atoms with van der Waals surface area (Å²) in [6.45, 7) is 2.37. The van der Waals surface area contributed by atoms with Crippen molar-refractivity contribution < 1.29 is 13.2 Å². The van der Waals surface area contributed by atoms with Gasteiger partial charge in [-0.1, -0.05) is 30.3 Å². The fraction of sp³-hybridized carbons (Fsp3) is 0.190. The first-order chi connectivity index (χ1) is 13.4. The minimum absolute atomic E-state index is 0.0678. The standard InChI is InChI=1S/C21H23N3O3S/c1-16-5-10-19(13-20(16)24-11-3-4-12-24)21(25)23-14-17-6-8-18(9-7-17)15-28(26,27)22-2/h3-13,22H,14-15H2,1-2H3,(H,23,25). The van der Waals surface area contributed by atoms with Crippen molar-refractivity contribution in [3.63, 3.8) is 0 Å². The summed E-state index contributed by atoms with van der Waals surface area (Å²) in [5.74, 6) is -0.225. The van der Waals surface area contributed by atoms with E-state index in [1.807, 2.05) is 66.3 Å². The molecule has 146 valence electrons. The van der Waals surface area contributed by atoms with E-state index in [9.17, 15) is 13.2 Å². The van der Waals surface area contributed by atoms with Crippen molar-refractivity contribution in [3.8, 4) is 5.69 Å². The zero-order valence-electron chi connectivity index (χ0n) is 15.8. The quantitative estimate of drug-likeness (QED) is 0.643. The molecule has 0 radical (unpaired) electrons. The van der Waals surface area contributed by atoms with E-state index in [1.165, 1.54) is 7.05 Å². The van der Waals surface area contributed by atoms with Crippen LogP contribution in [0.3, 0.4) is 0 Å². The highest BCUT2D eigenvalue weighted by Crippen LogP contribution is 2.17. The molecule has 28 heavy (non-hydrogen) atoms. The third-order valence-corrected chi connectivity index (χ3v) is 5.83. The number of aryl methyl sites for hydroxylation is 1. The van der Waals surface area contributed by atoms with Crippen LogP contribution in [0.2, 0.25) is 0 Å². The van der Waals surface area contributed by atoms with Gasteiger partial charge in [-0.3, -0.25) is 4.79 Å². The van der Waals surface area contributed by atoms with Gasteiger partial charge in [-0.15, -0.1) is 0 Å². The largest absolute Gasteiger partial charge is 0.348 e. The fourth-order valence-electron chi connectivity index (χ4n) is 2.85. The van der Waals surface area contributed by atoms with Crippen LogP contribution in [0, 0.1) is 6.92 Å². The lowest BCUT2D eigenvalue weighted by Crippen LogP contribution is -2.23. The molecule has 0 aliphatic rings. The van der Waals surface area contributed by atoms with E-state index in [4.69, 9.17) is 0 Å². The number of amides is 1. The smallest absolute Gasteiger partial charge is 0.251 e. The maximum atomic E-state index is 12.5. The zero-order valence-corrected chi connectivity index (χ0v) is 16.7. The van der Waals surface area contributed by atoms with Gasteiger partial charge in [0.25, 0.3) is 5.91 Å². The second-order valence-electron chi connectivity index (χ2n) is 6.55. The Hall–Kier alpha value is -2.90. The minimum Gasteiger partial charge on any atom is -0.348 e. The molecule has 2 N–H and O–H groups in total. The summed E-state index contributed by atoms with van der Waals surface area (Å²) in [7, 11) is -1.90. The predicted molar refractivity (Wildman–Crippen MR) is 110 cm³/mol. The molecule has 1 heterocycles. The number of hydrogen-bond donors (Lipinski definition) is 2. The average molecular weight is 398 g/mol. The molecule has 0 bridgehead atoms. The highest BCUT2D eigenvalue weighted by atomic mass is 32.2. The van der Waals surface area contributed by atoms with Gasteiger partial charge in [0.05, 0.1) is 5.75 Å². The third-order valence-electron chi connectivity index (χ3n) is 4.50. The van der Waals surface area contributed by atoms with Crippen LogP contribution in [0.25, 0.3) is 5.69 Å². The van der Waals surface area contributed by atoms with Crippen molar-refractivity contribution in [2.75, 3.05) is 7.05 Å². The summed E-state index contributed by atoms with van der Waals surface area (Å²) in [6.07, 6.45) is 3.89. The molecule has 0 aliphatic heterocycles. The minimum atomic E-state index is -3.30. The Kier molecular flexibility index (Phi) is 5.96. The molecule has 0 unspecified atom stereocenters. The molecule has 3 aromatic rings. The first-order valence-electron chi connectivity index (χ1n) is 8.89. The molecule has 0 aliphatic carbocycles. The predicted octanol–water partition coefficient (Wildman–Crippen LogP) is 2.76. The van der Waals surface area contributed by atoms with Crippen LogP contribution < -0.4 is 10.0 Å². The summed E-state index contributed by atoms with van der Waals surface area (Å²) in [6, 6.07) is 16.7. The van der Waals surface area contributed by atoms with Crippen LogP contribution >= 0.6 is 0 Å². The van der Waals surface area contributed by atoms with Gasteiger partial charge >= 0.3 is 0 Å². The molecule has 3 rings (SSSR count). The van der Waals surface area contributed by atoms with E-state index in [-0.39, 0.29) is 11.7 Å². The summed E-state index contributed by atoms with van der Waals surface area (Å²) >= 11 is 0. The van der Waals surface area contributed by atoms with Gasteiger partial charge in [0.15, 0.2) is 0 Å². The first-order valence-corrected chi connectivity index (χ1v) is 10.5. The Morgan fingerprint density at radius 2 is 1.64 bits per heavy atom. The summed E-state index contributed by atoms with van der Waals surface area (Å²) in [4.78, 5) is 12.5. The van der Waals surface area contributed by atoms with Crippen LogP contribution in [0.4, 0.5) is 0 Å². The van der Waals surface area contributed by atoms with Crippen molar-refractivity contribution in [2.24, 2.45) is 0 Å². The number of rotatable bonds is 7. The molecule has 0 fully saturated rings. The number of hydrogen-bond acceptors (Lipinski definition) is 3. The molecular weight excluding hydrogens is 374 g/mol. The van der Waals surface area contributed by atoms with E-state index in [0.717, 1.165) is 16.8 Å². The summed E-state index contributed by atoms with van der Waals surface area (Å²) in [5.41, 5.74) is 4.23. The summed E-state index contributed by atoms with van der Waals surface area (Å²) in [5, 5.41) is 2.91. The topological polar surface area (TPSA) is 80.2 Å². The molecule has 0 saturated carbocycles. The molecule has 0 spiro atoms. The van der Waals surface area contributed by atoms with E-state index in [1.54, 1.807) is 12.1 Å². The van der Waals surface area contributed by atoms with Crippen LogP contribution in [0.15, 0.2) is 67.0 Å². The van der Waals surface area contributed by atoms with Crippen molar-refractivity contribution in [2.45, 2.75) is 19.2 Å². The lowest BCUT2D eigenvalue weighted by molar-refractivity contribution is 0.0951.